The predicted octanol–water partition coefficient (Wildman–Crippen LogP) is 3.71. The molecule has 1 saturated carbocycles. The Morgan fingerprint density at radius 1 is 1.20 bits per heavy atom. The van der Waals surface area contributed by atoms with Gasteiger partial charge >= 0.3 is 6.18 Å². The summed E-state index contributed by atoms with van der Waals surface area (Å²) < 4.78 is 68.6. The minimum Gasteiger partial charge on any atom is -0.490 e. The van der Waals surface area contributed by atoms with Crippen LogP contribution in [0.5, 0.6) is 11.5 Å². The van der Waals surface area contributed by atoms with Crippen LogP contribution in [0.15, 0.2) is 48.5 Å². The zero-order chi connectivity index (χ0) is 29.6. The average molecular weight is 576 g/mol. The first-order valence-electron chi connectivity index (χ1n) is 13.0. The summed E-state index contributed by atoms with van der Waals surface area (Å²) in [5.74, 6) is -0.941. The fourth-order valence-corrected chi connectivity index (χ4v) is 4.56. The van der Waals surface area contributed by atoms with E-state index in [1.54, 1.807) is 13.0 Å². The van der Waals surface area contributed by atoms with Crippen molar-refractivity contribution in [1.29, 1.82) is 0 Å². The number of benzene rings is 2. The summed E-state index contributed by atoms with van der Waals surface area (Å²) in [6, 6.07) is 10.3. The highest BCUT2D eigenvalue weighted by Gasteiger charge is 2.57. The van der Waals surface area contributed by atoms with Crippen LogP contribution in [-0.4, -0.2) is 53.1 Å². The van der Waals surface area contributed by atoms with Gasteiger partial charge in [0.2, 0.25) is 5.60 Å². The summed E-state index contributed by atoms with van der Waals surface area (Å²) in [4.78, 5) is 17.1. The molecule has 8 nitrogen and oxygen atoms in total. The third kappa shape index (κ3) is 5.72. The molecular formula is C29H29F4N3O5. The number of aliphatic hydroxyl groups excluding tert-OH is 1. The molecule has 12 heteroatoms. The Labute approximate surface area is 233 Å². The molecule has 41 heavy (non-hydrogen) atoms. The number of nitrogens with one attached hydrogen (secondary N) is 1. The van der Waals surface area contributed by atoms with E-state index in [-0.39, 0.29) is 53.9 Å². The van der Waals surface area contributed by atoms with E-state index in [0.29, 0.717) is 11.3 Å². The van der Waals surface area contributed by atoms with Crippen LogP contribution in [0.2, 0.25) is 0 Å². The summed E-state index contributed by atoms with van der Waals surface area (Å²) in [5, 5.41) is 22.6. The molecule has 2 unspecified atom stereocenters. The number of rotatable bonds is 9. The number of aliphatic hydroxyl groups is 2. The Hall–Kier alpha value is -3.74. The van der Waals surface area contributed by atoms with Crippen molar-refractivity contribution in [1.82, 2.24) is 10.3 Å². The van der Waals surface area contributed by atoms with Crippen molar-refractivity contribution in [3.05, 3.63) is 76.7 Å². The van der Waals surface area contributed by atoms with Gasteiger partial charge in [0.15, 0.2) is 5.75 Å². The lowest BCUT2D eigenvalue weighted by atomic mass is 9.89. The largest absolute Gasteiger partial charge is 0.490 e. The van der Waals surface area contributed by atoms with Crippen molar-refractivity contribution in [2.75, 3.05) is 19.8 Å². The molecule has 1 amide bonds. The topological polar surface area (TPSA) is 127 Å². The number of hydrogen-bond donors (Lipinski definition) is 4. The fourth-order valence-electron chi connectivity index (χ4n) is 4.56. The SMILES string of the molecule is CC1(N)COc2c1cc(C(O)(CNC(=O)c1ccc(CCO)c(OC3CC3)c1)C(F)(F)F)nc2-c1ccc(F)cc1. The molecule has 0 saturated heterocycles. The van der Waals surface area contributed by atoms with Gasteiger partial charge in [0.25, 0.3) is 5.91 Å². The fraction of sp³-hybridized carbons (Fsp3) is 0.379. The molecule has 2 aliphatic rings. The molecular weight excluding hydrogens is 546 g/mol. The molecule has 0 spiro atoms. The summed E-state index contributed by atoms with van der Waals surface area (Å²) in [7, 11) is 0. The van der Waals surface area contributed by atoms with Crippen LogP contribution in [0.4, 0.5) is 17.6 Å². The lowest BCUT2D eigenvalue weighted by Crippen LogP contribution is -2.51. The molecule has 0 bridgehead atoms. The molecule has 0 radical (unpaired) electrons. The number of amides is 1. The lowest BCUT2D eigenvalue weighted by Gasteiger charge is -2.31. The first-order valence-corrected chi connectivity index (χ1v) is 13.0. The molecule has 1 aliphatic carbocycles. The van der Waals surface area contributed by atoms with Crippen LogP contribution in [-0.2, 0) is 17.6 Å². The number of carbonyl (C=O) groups is 1. The average Bonchev–Trinajstić information content (AvgIpc) is 3.69. The smallest absolute Gasteiger partial charge is 0.424 e. The van der Waals surface area contributed by atoms with Gasteiger partial charge in [-0.3, -0.25) is 4.79 Å². The van der Waals surface area contributed by atoms with Crippen LogP contribution in [0.25, 0.3) is 11.3 Å². The third-order valence-electron chi connectivity index (χ3n) is 7.15. The quantitative estimate of drug-likeness (QED) is 0.287. The van der Waals surface area contributed by atoms with Gasteiger partial charge in [0, 0.05) is 23.3 Å². The van der Waals surface area contributed by atoms with E-state index in [1.165, 1.54) is 24.3 Å². The normalized spacial score (nSPS) is 19.7. The van der Waals surface area contributed by atoms with Crippen LogP contribution < -0.4 is 20.5 Å². The van der Waals surface area contributed by atoms with Gasteiger partial charge in [-0.25, -0.2) is 9.37 Å². The van der Waals surface area contributed by atoms with E-state index in [2.05, 4.69) is 10.3 Å². The standard InChI is InChI=1S/C29H29F4N3O5/c1-27(34)15-40-25-21(27)13-23(36-24(25)17-4-6-19(30)7-5-17)28(39,29(31,32)33)14-35-26(38)18-3-2-16(10-11-37)22(12-18)41-20-8-9-20/h2-7,12-13,20,37,39H,8-11,14-15,34H2,1H3,(H,35,38). The number of ether oxygens (including phenoxy) is 2. The van der Waals surface area contributed by atoms with Gasteiger partial charge in [-0.1, -0.05) is 6.07 Å². The van der Waals surface area contributed by atoms with Gasteiger partial charge in [0.05, 0.1) is 23.9 Å². The molecule has 2 atom stereocenters. The Morgan fingerprint density at radius 2 is 1.90 bits per heavy atom. The van der Waals surface area contributed by atoms with E-state index in [0.717, 1.165) is 31.0 Å². The Balaban J connectivity index is 1.49. The Kier molecular flexibility index (Phi) is 7.43. The Morgan fingerprint density at radius 3 is 2.54 bits per heavy atom. The maximum Gasteiger partial charge on any atom is 0.424 e. The van der Waals surface area contributed by atoms with Crippen molar-refractivity contribution >= 4 is 5.91 Å². The second-order valence-electron chi connectivity index (χ2n) is 10.6. The number of nitrogens with two attached hydrogens (primary N) is 1. The zero-order valence-electron chi connectivity index (χ0n) is 22.1. The third-order valence-corrected chi connectivity index (χ3v) is 7.15. The molecule has 5 N–H and O–H groups in total. The first kappa shape index (κ1) is 28.8. The second kappa shape index (κ2) is 10.6. The van der Waals surface area contributed by atoms with E-state index in [9.17, 15) is 32.6 Å². The van der Waals surface area contributed by atoms with Crippen LogP contribution >= 0.6 is 0 Å². The highest BCUT2D eigenvalue weighted by molar-refractivity contribution is 5.94. The van der Waals surface area contributed by atoms with E-state index < -0.39 is 41.3 Å². The highest BCUT2D eigenvalue weighted by Crippen LogP contribution is 2.46. The molecule has 1 fully saturated rings. The zero-order valence-corrected chi connectivity index (χ0v) is 22.1. The van der Waals surface area contributed by atoms with Crippen molar-refractivity contribution in [2.24, 2.45) is 5.73 Å². The summed E-state index contributed by atoms with van der Waals surface area (Å²) >= 11 is 0. The number of hydrogen-bond acceptors (Lipinski definition) is 7. The minimum absolute atomic E-state index is 0.0144. The number of pyridine rings is 1. The molecule has 5 rings (SSSR count). The summed E-state index contributed by atoms with van der Waals surface area (Å²) in [6.45, 7) is 0.0999. The van der Waals surface area contributed by atoms with Gasteiger partial charge in [-0.05, 0) is 74.2 Å². The molecule has 218 valence electrons. The maximum atomic E-state index is 14.5. The summed E-state index contributed by atoms with van der Waals surface area (Å²) in [6.07, 6.45) is -3.32. The lowest BCUT2D eigenvalue weighted by molar-refractivity contribution is -0.265. The van der Waals surface area contributed by atoms with E-state index in [1.807, 2.05) is 0 Å². The van der Waals surface area contributed by atoms with Crippen LogP contribution in [0, 0.1) is 5.82 Å². The van der Waals surface area contributed by atoms with Crippen molar-refractivity contribution in [3.8, 4) is 22.8 Å². The van der Waals surface area contributed by atoms with E-state index in [4.69, 9.17) is 15.2 Å². The van der Waals surface area contributed by atoms with E-state index >= 15 is 0 Å². The number of nitrogens with zero attached hydrogens (tertiary/aromatic N) is 1. The summed E-state index contributed by atoms with van der Waals surface area (Å²) in [5.41, 5.74) is 1.72. The van der Waals surface area contributed by atoms with Gasteiger partial charge in [-0.2, -0.15) is 13.2 Å². The number of fused-ring (bicyclic) bond motifs is 1. The van der Waals surface area contributed by atoms with Crippen molar-refractivity contribution in [3.63, 3.8) is 0 Å². The monoisotopic (exact) mass is 575 g/mol. The van der Waals surface area contributed by atoms with Crippen LogP contribution in [0.3, 0.4) is 0 Å². The van der Waals surface area contributed by atoms with Crippen LogP contribution in [0.1, 0.15) is 46.9 Å². The maximum absolute atomic E-state index is 14.5. The molecule has 3 aromatic rings. The molecule has 2 aromatic carbocycles. The number of aromatic nitrogens is 1. The minimum atomic E-state index is -5.27. The first-order chi connectivity index (χ1) is 19.3. The van der Waals surface area contributed by atoms with Gasteiger partial charge < -0.3 is 30.7 Å². The molecule has 1 aliphatic heterocycles. The highest BCUT2D eigenvalue weighted by atomic mass is 19.4. The number of halogens is 4. The second-order valence-corrected chi connectivity index (χ2v) is 10.6. The number of carbonyl (C=O) groups excluding carboxylic acids is 1. The Bertz CT molecular complexity index is 1460. The van der Waals surface area contributed by atoms with Gasteiger partial charge in [0.1, 0.15) is 23.9 Å². The number of alkyl halides is 3. The molecule has 2 heterocycles. The molecule has 1 aromatic heterocycles. The van der Waals surface area contributed by atoms with Crippen molar-refractivity contribution < 1.29 is 42.0 Å². The predicted molar refractivity (Wildman–Crippen MR) is 140 cm³/mol. The van der Waals surface area contributed by atoms with Gasteiger partial charge in [-0.15, -0.1) is 0 Å². The van der Waals surface area contributed by atoms with Crippen molar-refractivity contribution in [2.45, 2.75) is 49.6 Å².